The lowest BCUT2D eigenvalue weighted by atomic mass is 9.73. The predicted molar refractivity (Wildman–Crippen MR) is 111 cm³/mol. The summed E-state index contributed by atoms with van der Waals surface area (Å²) in [6, 6.07) is 7.32. The Morgan fingerprint density at radius 1 is 1.21 bits per heavy atom. The molecule has 6 nitrogen and oxygen atoms in total. The number of likely N-dealkylation sites (tertiary alicyclic amines) is 2. The van der Waals surface area contributed by atoms with Crippen molar-refractivity contribution in [2.75, 3.05) is 38.6 Å². The molecule has 154 valence electrons. The summed E-state index contributed by atoms with van der Waals surface area (Å²) in [5.74, 6) is 1.62. The lowest BCUT2D eigenvalue weighted by molar-refractivity contribution is -0.139. The second-order valence-corrected chi connectivity index (χ2v) is 8.68. The van der Waals surface area contributed by atoms with Crippen LogP contribution < -0.4 is 10.1 Å². The monoisotopic (exact) mass is 387 g/mol. The van der Waals surface area contributed by atoms with E-state index in [1.807, 2.05) is 34.1 Å². The number of benzene rings is 1. The van der Waals surface area contributed by atoms with Crippen LogP contribution in [0, 0.1) is 11.3 Å². The van der Waals surface area contributed by atoms with Crippen molar-refractivity contribution in [1.29, 1.82) is 0 Å². The van der Waals surface area contributed by atoms with Crippen molar-refractivity contribution in [3.63, 3.8) is 0 Å². The van der Waals surface area contributed by atoms with E-state index >= 15 is 0 Å². The molecule has 0 aliphatic carbocycles. The molecule has 0 radical (unpaired) electrons. The summed E-state index contributed by atoms with van der Waals surface area (Å²) in [6.45, 7) is 7.48. The largest absolute Gasteiger partial charge is 0.497 e. The number of nitrogens with one attached hydrogen (secondary N) is 1. The molecular formula is C22H33N3O3. The number of piperidine rings is 2. The molecule has 2 saturated heterocycles. The average Bonchev–Trinajstić information content (AvgIpc) is 2.69. The first kappa shape index (κ1) is 20.5. The summed E-state index contributed by atoms with van der Waals surface area (Å²) in [4.78, 5) is 29.1. The van der Waals surface area contributed by atoms with E-state index in [1.54, 1.807) is 7.11 Å². The van der Waals surface area contributed by atoms with Crippen LogP contribution in [0.1, 0.15) is 46.0 Å². The van der Waals surface area contributed by atoms with Crippen molar-refractivity contribution < 1.29 is 14.3 Å². The molecule has 6 heteroatoms. The topological polar surface area (TPSA) is 61.9 Å². The van der Waals surface area contributed by atoms with Crippen molar-refractivity contribution in [1.82, 2.24) is 9.80 Å². The van der Waals surface area contributed by atoms with Crippen LogP contribution in [0.4, 0.5) is 10.5 Å². The summed E-state index contributed by atoms with van der Waals surface area (Å²) in [5, 5.41) is 3.00. The number of methoxy groups -OCH3 is 1. The van der Waals surface area contributed by atoms with Crippen LogP contribution in [0.2, 0.25) is 0 Å². The third kappa shape index (κ3) is 4.97. The molecule has 0 unspecified atom stereocenters. The first-order valence-corrected chi connectivity index (χ1v) is 10.4. The number of hydrogen-bond acceptors (Lipinski definition) is 3. The maximum Gasteiger partial charge on any atom is 0.321 e. The number of anilines is 1. The normalized spacial score (nSPS) is 22.6. The van der Waals surface area contributed by atoms with Gasteiger partial charge in [0.15, 0.2) is 0 Å². The summed E-state index contributed by atoms with van der Waals surface area (Å²) in [7, 11) is 1.63. The fourth-order valence-corrected chi connectivity index (χ4v) is 4.31. The zero-order valence-electron chi connectivity index (χ0n) is 17.4. The lowest BCUT2D eigenvalue weighted by Gasteiger charge is -2.48. The smallest absolute Gasteiger partial charge is 0.321 e. The minimum absolute atomic E-state index is 0.0421. The third-order valence-corrected chi connectivity index (χ3v) is 6.01. The molecule has 28 heavy (non-hydrogen) atoms. The van der Waals surface area contributed by atoms with Gasteiger partial charge in [0, 0.05) is 43.7 Å². The number of hydrogen-bond donors (Lipinski definition) is 1. The molecule has 3 amide bonds. The van der Waals surface area contributed by atoms with Crippen LogP contribution in [-0.4, -0.2) is 55.0 Å². The quantitative estimate of drug-likeness (QED) is 0.831. The number of ether oxygens (including phenoxy) is 1. The fourth-order valence-electron chi connectivity index (χ4n) is 4.31. The molecule has 0 bridgehead atoms. The average molecular weight is 388 g/mol. The van der Waals surface area contributed by atoms with Gasteiger partial charge < -0.3 is 19.9 Å². The molecule has 3 rings (SSSR count). The van der Waals surface area contributed by atoms with E-state index < -0.39 is 0 Å². The number of carbonyl (C=O) groups is 2. The van der Waals surface area contributed by atoms with Gasteiger partial charge in [0.2, 0.25) is 5.91 Å². The Bertz CT molecular complexity index is 689. The molecular weight excluding hydrogens is 354 g/mol. The van der Waals surface area contributed by atoms with Crippen molar-refractivity contribution in [3.8, 4) is 5.75 Å². The van der Waals surface area contributed by atoms with Crippen LogP contribution in [-0.2, 0) is 4.79 Å². The van der Waals surface area contributed by atoms with Crippen LogP contribution >= 0.6 is 0 Å². The van der Waals surface area contributed by atoms with Gasteiger partial charge in [-0.3, -0.25) is 4.79 Å². The molecule has 2 aliphatic heterocycles. The summed E-state index contributed by atoms with van der Waals surface area (Å²) in [5.41, 5.74) is 0.809. The molecule has 1 spiro atoms. The minimum Gasteiger partial charge on any atom is -0.497 e. The standard InChI is InChI=1S/C22H33N3O3/c1-17(2)10-14-24-15-22(12-9-20(24)26)11-4-13-25(16-22)21(27)23-18-5-7-19(28-3)8-6-18/h5-8,17H,4,9-16H2,1-3H3,(H,23,27)/t22-/m1/s1. The van der Waals surface area contributed by atoms with Gasteiger partial charge in [0.1, 0.15) is 5.75 Å². The van der Waals surface area contributed by atoms with Gasteiger partial charge in [-0.2, -0.15) is 0 Å². The Kier molecular flexibility index (Phi) is 6.47. The van der Waals surface area contributed by atoms with E-state index in [0.717, 1.165) is 63.3 Å². The highest BCUT2D eigenvalue weighted by atomic mass is 16.5. The van der Waals surface area contributed by atoms with Gasteiger partial charge in [0.05, 0.1) is 7.11 Å². The first-order chi connectivity index (χ1) is 13.4. The Morgan fingerprint density at radius 3 is 2.64 bits per heavy atom. The van der Waals surface area contributed by atoms with Crippen molar-refractivity contribution in [3.05, 3.63) is 24.3 Å². The van der Waals surface area contributed by atoms with E-state index in [4.69, 9.17) is 4.74 Å². The van der Waals surface area contributed by atoms with Crippen LogP contribution in [0.3, 0.4) is 0 Å². The summed E-state index contributed by atoms with van der Waals surface area (Å²) < 4.78 is 5.16. The number of rotatable bonds is 5. The van der Waals surface area contributed by atoms with Gasteiger partial charge in [-0.15, -0.1) is 0 Å². The second kappa shape index (κ2) is 8.84. The third-order valence-electron chi connectivity index (χ3n) is 6.01. The summed E-state index contributed by atoms with van der Waals surface area (Å²) in [6.07, 6.45) is 4.60. The van der Waals surface area contributed by atoms with Crippen molar-refractivity contribution in [2.24, 2.45) is 11.3 Å². The van der Waals surface area contributed by atoms with E-state index in [0.29, 0.717) is 12.3 Å². The van der Waals surface area contributed by atoms with E-state index in [1.165, 1.54) is 0 Å². The number of urea groups is 1. The van der Waals surface area contributed by atoms with Crippen LogP contribution in [0.15, 0.2) is 24.3 Å². The molecule has 1 aromatic rings. The Morgan fingerprint density at radius 2 is 1.96 bits per heavy atom. The zero-order chi connectivity index (χ0) is 20.1. The Hall–Kier alpha value is -2.24. The first-order valence-electron chi connectivity index (χ1n) is 10.4. The molecule has 1 N–H and O–H groups in total. The van der Waals surface area contributed by atoms with E-state index in [2.05, 4.69) is 19.2 Å². The number of carbonyl (C=O) groups excluding carboxylic acids is 2. The van der Waals surface area contributed by atoms with Crippen LogP contribution in [0.5, 0.6) is 5.75 Å². The Labute approximate surface area is 168 Å². The van der Waals surface area contributed by atoms with E-state index in [-0.39, 0.29) is 17.4 Å². The SMILES string of the molecule is COc1ccc(NC(=O)N2CCC[C@]3(CCC(=O)N(CCC(C)C)C3)C2)cc1. The van der Waals surface area contributed by atoms with Crippen LogP contribution in [0.25, 0.3) is 0 Å². The molecule has 1 atom stereocenters. The maximum atomic E-state index is 12.8. The molecule has 2 aliphatic rings. The van der Waals surface area contributed by atoms with Gasteiger partial charge in [-0.1, -0.05) is 13.8 Å². The second-order valence-electron chi connectivity index (χ2n) is 8.68. The molecule has 1 aromatic carbocycles. The zero-order valence-corrected chi connectivity index (χ0v) is 17.4. The highest BCUT2D eigenvalue weighted by molar-refractivity contribution is 5.89. The van der Waals surface area contributed by atoms with Gasteiger partial charge in [0.25, 0.3) is 0 Å². The van der Waals surface area contributed by atoms with Crippen molar-refractivity contribution >= 4 is 17.6 Å². The van der Waals surface area contributed by atoms with Gasteiger partial charge in [-0.05, 0) is 55.9 Å². The van der Waals surface area contributed by atoms with Gasteiger partial charge in [-0.25, -0.2) is 4.79 Å². The summed E-state index contributed by atoms with van der Waals surface area (Å²) >= 11 is 0. The lowest BCUT2D eigenvalue weighted by Crippen LogP contribution is -2.55. The molecule has 0 saturated carbocycles. The number of nitrogens with zero attached hydrogens (tertiary/aromatic N) is 2. The molecule has 0 aromatic heterocycles. The minimum atomic E-state index is -0.0603. The predicted octanol–water partition coefficient (Wildman–Crippen LogP) is 3.98. The van der Waals surface area contributed by atoms with Gasteiger partial charge >= 0.3 is 6.03 Å². The number of amides is 3. The fraction of sp³-hybridized carbons (Fsp3) is 0.636. The highest BCUT2D eigenvalue weighted by Crippen LogP contribution is 2.39. The highest BCUT2D eigenvalue weighted by Gasteiger charge is 2.42. The van der Waals surface area contributed by atoms with Crippen molar-refractivity contribution in [2.45, 2.75) is 46.0 Å². The molecule has 2 heterocycles. The molecule has 2 fully saturated rings. The maximum absolute atomic E-state index is 12.8. The Balaban J connectivity index is 1.61. The van der Waals surface area contributed by atoms with E-state index in [9.17, 15) is 9.59 Å².